The molecule has 1 N–H and O–H groups in total. The van der Waals surface area contributed by atoms with E-state index in [1.165, 1.54) is 6.07 Å². The predicted octanol–water partition coefficient (Wildman–Crippen LogP) is 4.32. The number of ether oxygens (including phenoxy) is 1. The topological polar surface area (TPSA) is 81.5 Å². The third-order valence-corrected chi connectivity index (χ3v) is 3.90. The normalized spacial score (nSPS) is 11.7. The van der Waals surface area contributed by atoms with Crippen molar-refractivity contribution in [2.24, 2.45) is 0 Å². The molecule has 0 aliphatic rings. The van der Waals surface area contributed by atoms with Gasteiger partial charge in [-0.1, -0.05) is 19.1 Å². The Kier molecular flexibility index (Phi) is 5.75. The van der Waals surface area contributed by atoms with Crippen LogP contribution in [0.3, 0.4) is 0 Å². The van der Waals surface area contributed by atoms with Crippen LogP contribution in [0.1, 0.15) is 30.0 Å². The Morgan fingerprint density at radius 2 is 1.84 bits per heavy atom. The van der Waals surface area contributed by atoms with Gasteiger partial charge in [0.1, 0.15) is 5.75 Å². The van der Waals surface area contributed by atoms with Crippen LogP contribution in [-0.4, -0.2) is 16.9 Å². The number of hydrogen-bond donors (Lipinski definition) is 1. The number of amides is 1. The van der Waals surface area contributed by atoms with E-state index >= 15 is 0 Å². The van der Waals surface area contributed by atoms with E-state index in [1.807, 2.05) is 39.0 Å². The average molecular weight is 342 g/mol. The standard InChI is InChI=1S/C19H22N2O4/c1-5-18(25-15-10-12(2)9-13(3)11-15)19(22)20-16-7-6-8-17(14(16)4)21(23)24/h6-11,18H,5H2,1-4H3,(H,20,22)/t18-/m1/s1. The number of benzene rings is 2. The lowest BCUT2D eigenvalue weighted by molar-refractivity contribution is -0.385. The number of carbonyl (C=O) groups is 1. The molecule has 1 amide bonds. The second-order valence-corrected chi connectivity index (χ2v) is 6.03. The first-order valence-electron chi connectivity index (χ1n) is 8.11. The molecule has 0 aliphatic heterocycles. The van der Waals surface area contributed by atoms with Crippen LogP contribution in [0, 0.1) is 30.9 Å². The van der Waals surface area contributed by atoms with Crippen LogP contribution in [0.25, 0.3) is 0 Å². The number of rotatable bonds is 6. The van der Waals surface area contributed by atoms with Gasteiger partial charge < -0.3 is 10.1 Å². The van der Waals surface area contributed by atoms with Crippen LogP contribution in [-0.2, 0) is 4.79 Å². The van der Waals surface area contributed by atoms with Gasteiger partial charge >= 0.3 is 0 Å². The van der Waals surface area contributed by atoms with Gasteiger partial charge in [-0.05, 0) is 56.5 Å². The van der Waals surface area contributed by atoms with E-state index in [4.69, 9.17) is 4.74 Å². The Hall–Kier alpha value is -2.89. The molecule has 0 aromatic heterocycles. The van der Waals surface area contributed by atoms with Gasteiger partial charge in [0, 0.05) is 6.07 Å². The minimum atomic E-state index is -0.681. The Morgan fingerprint density at radius 1 is 1.20 bits per heavy atom. The largest absolute Gasteiger partial charge is 0.481 e. The quantitative estimate of drug-likeness (QED) is 0.626. The van der Waals surface area contributed by atoms with Gasteiger partial charge in [-0.15, -0.1) is 0 Å². The van der Waals surface area contributed by atoms with E-state index in [9.17, 15) is 14.9 Å². The van der Waals surface area contributed by atoms with Gasteiger partial charge in [0.15, 0.2) is 6.10 Å². The second kappa shape index (κ2) is 7.79. The molecule has 25 heavy (non-hydrogen) atoms. The summed E-state index contributed by atoms with van der Waals surface area (Å²) in [5.74, 6) is 0.306. The Balaban J connectivity index is 2.18. The number of nitro benzene ring substituents is 1. The SMILES string of the molecule is CC[C@@H](Oc1cc(C)cc(C)c1)C(=O)Nc1cccc([N+](=O)[O-])c1C. The predicted molar refractivity (Wildman–Crippen MR) is 97.1 cm³/mol. The maximum atomic E-state index is 12.5. The summed E-state index contributed by atoms with van der Waals surface area (Å²) in [6, 6.07) is 10.4. The molecule has 0 heterocycles. The molecule has 0 radical (unpaired) electrons. The van der Waals surface area contributed by atoms with Gasteiger partial charge in [0.05, 0.1) is 16.2 Å². The number of nitro groups is 1. The van der Waals surface area contributed by atoms with Gasteiger partial charge in [-0.25, -0.2) is 0 Å². The average Bonchev–Trinajstić information content (AvgIpc) is 2.53. The van der Waals surface area contributed by atoms with E-state index < -0.39 is 11.0 Å². The fourth-order valence-corrected chi connectivity index (χ4v) is 2.66. The molecule has 0 saturated carbocycles. The third kappa shape index (κ3) is 4.56. The first kappa shape index (κ1) is 18.4. The highest BCUT2D eigenvalue weighted by Crippen LogP contribution is 2.26. The van der Waals surface area contributed by atoms with E-state index in [2.05, 4.69) is 5.32 Å². The second-order valence-electron chi connectivity index (χ2n) is 6.03. The van der Waals surface area contributed by atoms with Gasteiger partial charge in [0.25, 0.3) is 11.6 Å². The molecule has 0 unspecified atom stereocenters. The minimum Gasteiger partial charge on any atom is -0.481 e. The fourth-order valence-electron chi connectivity index (χ4n) is 2.66. The number of nitrogens with one attached hydrogen (secondary N) is 1. The van der Waals surface area contributed by atoms with E-state index in [0.29, 0.717) is 23.4 Å². The lowest BCUT2D eigenvalue weighted by atomic mass is 10.1. The van der Waals surface area contributed by atoms with Crippen LogP contribution < -0.4 is 10.1 Å². The molecule has 1 atom stereocenters. The molecule has 2 aromatic rings. The monoisotopic (exact) mass is 342 g/mol. The van der Waals surface area contributed by atoms with E-state index in [1.54, 1.807) is 19.1 Å². The smallest absolute Gasteiger partial charge is 0.274 e. The molecule has 0 aliphatic carbocycles. The molecular formula is C19H22N2O4. The van der Waals surface area contributed by atoms with Crippen molar-refractivity contribution in [1.29, 1.82) is 0 Å². The zero-order chi connectivity index (χ0) is 18.6. The van der Waals surface area contributed by atoms with Gasteiger partial charge in [-0.3, -0.25) is 14.9 Å². The van der Waals surface area contributed by atoms with Crippen LogP contribution >= 0.6 is 0 Å². The Morgan fingerprint density at radius 3 is 2.40 bits per heavy atom. The van der Waals surface area contributed by atoms with Crippen molar-refractivity contribution in [2.45, 2.75) is 40.2 Å². The Labute approximate surface area is 147 Å². The molecular weight excluding hydrogens is 320 g/mol. The highest BCUT2D eigenvalue weighted by molar-refractivity contribution is 5.95. The van der Waals surface area contributed by atoms with Gasteiger partial charge in [0.2, 0.25) is 0 Å². The number of aryl methyl sites for hydroxylation is 2. The number of hydrogen-bond acceptors (Lipinski definition) is 4. The molecule has 0 fully saturated rings. The summed E-state index contributed by atoms with van der Waals surface area (Å²) in [4.78, 5) is 23.1. The zero-order valence-corrected chi connectivity index (χ0v) is 14.8. The lowest BCUT2D eigenvalue weighted by Crippen LogP contribution is -2.32. The van der Waals surface area contributed by atoms with E-state index in [0.717, 1.165) is 11.1 Å². The summed E-state index contributed by atoms with van der Waals surface area (Å²) >= 11 is 0. The zero-order valence-electron chi connectivity index (χ0n) is 14.8. The summed E-state index contributed by atoms with van der Waals surface area (Å²) in [5.41, 5.74) is 2.92. The maximum Gasteiger partial charge on any atom is 0.274 e. The van der Waals surface area contributed by atoms with Gasteiger partial charge in [-0.2, -0.15) is 0 Å². The van der Waals surface area contributed by atoms with Crippen molar-refractivity contribution in [3.05, 3.63) is 63.2 Å². The highest BCUT2D eigenvalue weighted by Gasteiger charge is 2.21. The summed E-state index contributed by atoms with van der Waals surface area (Å²) in [5, 5.41) is 13.8. The molecule has 0 bridgehead atoms. The molecule has 2 aromatic carbocycles. The Bertz CT molecular complexity index is 782. The first-order chi connectivity index (χ1) is 11.8. The highest BCUT2D eigenvalue weighted by atomic mass is 16.6. The summed E-state index contributed by atoms with van der Waals surface area (Å²) < 4.78 is 5.83. The first-order valence-corrected chi connectivity index (χ1v) is 8.11. The maximum absolute atomic E-state index is 12.5. The van der Waals surface area contributed by atoms with Crippen LogP contribution in [0.4, 0.5) is 11.4 Å². The fraction of sp³-hybridized carbons (Fsp3) is 0.316. The van der Waals surface area contributed by atoms with Crippen molar-refractivity contribution < 1.29 is 14.5 Å². The molecule has 6 heteroatoms. The molecule has 132 valence electrons. The van der Waals surface area contributed by atoms with E-state index in [-0.39, 0.29) is 11.6 Å². The van der Waals surface area contributed by atoms with Crippen LogP contribution in [0.15, 0.2) is 36.4 Å². The lowest BCUT2D eigenvalue weighted by Gasteiger charge is -2.18. The molecule has 2 rings (SSSR count). The van der Waals surface area contributed by atoms with Crippen molar-refractivity contribution in [1.82, 2.24) is 0 Å². The minimum absolute atomic E-state index is 0.0268. The number of nitrogens with zero attached hydrogens (tertiary/aromatic N) is 1. The summed E-state index contributed by atoms with van der Waals surface area (Å²) in [6.45, 7) is 7.40. The molecule has 0 saturated heterocycles. The van der Waals surface area contributed by atoms with Crippen molar-refractivity contribution in [3.8, 4) is 5.75 Å². The van der Waals surface area contributed by atoms with Crippen molar-refractivity contribution in [3.63, 3.8) is 0 Å². The number of carbonyl (C=O) groups excluding carboxylic acids is 1. The van der Waals surface area contributed by atoms with Crippen molar-refractivity contribution >= 4 is 17.3 Å². The molecule has 6 nitrogen and oxygen atoms in total. The summed E-state index contributed by atoms with van der Waals surface area (Å²) in [6.07, 6.45) is -0.202. The third-order valence-electron chi connectivity index (χ3n) is 3.90. The number of anilines is 1. The van der Waals surface area contributed by atoms with Crippen molar-refractivity contribution in [2.75, 3.05) is 5.32 Å². The molecule has 0 spiro atoms. The summed E-state index contributed by atoms with van der Waals surface area (Å²) in [7, 11) is 0. The van der Waals surface area contributed by atoms with Crippen LogP contribution in [0.5, 0.6) is 5.75 Å². The van der Waals surface area contributed by atoms with Crippen LogP contribution in [0.2, 0.25) is 0 Å².